The van der Waals surface area contributed by atoms with Crippen molar-refractivity contribution in [3.63, 3.8) is 0 Å². The van der Waals surface area contributed by atoms with Gasteiger partial charge in [-0.1, -0.05) is 59.5 Å². The van der Waals surface area contributed by atoms with Crippen molar-refractivity contribution < 1.29 is 20.1 Å². The number of pyridine rings is 3. The van der Waals surface area contributed by atoms with Gasteiger partial charge in [0.15, 0.2) is 0 Å². The molecule has 0 atom stereocenters. The van der Waals surface area contributed by atoms with Crippen LogP contribution in [0.2, 0.25) is 0 Å². The van der Waals surface area contributed by atoms with E-state index in [0.29, 0.717) is 0 Å². The van der Waals surface area contributed by atoms with Gasteiger partial charge in [0.1, 0.15) is 0 Å². The van der Waals surface area contributed by atoms with E-state index in [1.165, 1.54) is 25.7 Å². The van der Waals surface area contributed by atoms with Gasteiger partial charge in [0.2, 0.25) is 0 Å². The Labute approximate surface area is 294 Å². The van der Waals surface area contributed by atoms with Gasteiger partial charge in [-0.05, 0) is 72.2 Å². The first-order valence-electron chi connectivity index (χ1n) is 15.1. The van der Waals surface area contributed by atoms with E-state index < -0.39 is 0 Å². The van der Waals surface area contributed by atoms with Crippen LogP contribution in [0, 0.1) is 39.0 Å². The van der Waals surface area contributed by atoms with Crippen molar-refractivity contribution in [1.82, 2.24) is 15.0 Å². The van der Waals surface area contributed by atoms with Crippen molar-refractivity contribution >= 4 is 31.5 Å². The molecule has 0 amide bonds. The Hall–Kier alpha value is -4.80. The van der Waals surface area contributed by atoms with E-state index in [9.17, 15) is 0 Å². The van der Waals surface area contributed by atoms with Gasteiger partial charge in [0, 0.05) is 22.3 Å². The largest absolute Gasteiger partial charge is 3.00 e. The molecule has 0 N–H and O–H groups in total. The van der Waals surface area contributed by atoms with Crippen LogP contribution >= 0.6 is 11.3 Å². The van der Waals surface area contributed by atoms with Crippen molar-refractivity contribution in [2.24, 2.45) is 0 Å². The summed E-state index contributed by atoms with van der Waals surface area (Å²) in [5, 5.41) is 2.61. The first kappa shape index (κ1) is 33.6. The van der Waals surface area contributed by atoms with E-state index in [1.807, 2.05) is 122 Å². The third kappa shape index (κ3) is 8.72. The smallest absolute Gasteiger partial charge is 0.305 e. The van der Waals surface area contributed by atoms with Crippen LogP contribution < -0.4 is 0 Å². The summed E-state index contributed by atoms with van der Waals surface area (Å²) in [4.78, 5) is 13.3. The standard InChI is InChI=1S/C18H12NS.2C12H10N.Ir/c1-12-8-9-19-16(10-12)13-6-7-18-15(11-13)14-4-2-3-5-17(14)20-18;2*1-10-6-5-9-12(13-10)11-7-3-2-4-8-11;/h2-5,7-11H,1H3;2*2-7,9H,1H3;/q3*-1;+3. The molecule has 230 valence electrons. The Bertz CT molecular complexity index is 2110. The molecule has 0 aliphatic rings. The SMILES string of the molecule is Cc1cccc(-c2[c-]cccc2)n1.Cc1cccc(-c2[c-]cccc2)n1.Cc1ccnc(-c2[c-]cc3sc4ccccc4c3c2)c1.[Ir+3]. The molecule has 8 rings (SSSR count). The molecule has 0 unspecified atom stereocenters. The van der Waals surface area contributed by atoms with E-state index in [2.05, 4.69) is 82.5 Å². The number of aryl methyl sites for hydroxylation is 3. The van der Waals surface area contributed by atoms with E-state index in [-0.39, 0.29) is 20.1 Å². The Morgan fingerprint density at radius 3 is 1.70 bits per heavy atom. The topological polar surface area (TPSA) is 38.7 Å². The van der Waals surface area contributed by atoms with Gasteiger partial charge < -0.3 is 15.0 Å². The van der Waals surface area contributed by atoms with Gasteiger partial charge in [-0.15, -0.1) is 95.6 Å². The average molecular weight is 803 g/mol. The molecule has 0 saturated heterocycles. The molecule has 0 fully saturated rings. The molecule has 47 heavy (non-hydrogen) atoms. The Morgan fingerprint density at radius 1 is 0.511 bits per heavy atom. The molecular formula is C42H32IrN3S. The van der Waals surface area contributed by atoms with Crippen LogP contribution in [0.3, 0.4) is 0 Å². The molecule has 0 saturated carbocycles. The zero-order valence-corrected chi connectivity index (χ0v) is 29.6. The quantitative estimate of drug-likeness (QED) is 0.167. The third-order valence-corrected chi connectivity index (χ3v) is 8.38. The van der Waals surface area contributed by atoms with Crippen LogP contribution in [0.15, 0.2) is 140 Å². The summed E-state index contributed by atoms with van der Waals surface area (Å²) in [6.07, 6.45) is 1.86. The number of hydrogen-bond donors (Lipinski definition) is 0. The molecule has 4 aromatic heterocycles. The number of hydrogen-bond acceptors (Lipinski definition) is 4. The summed E-state index contributed by atoms with van der Waals surface area (Å²) in [6, 6.07) is 54.4. The van der Waals surface area contributed by atoms with Crippen LogP contribution in [0.5, 0.6) is 0 Å². The molecule has 4 heterocycles. The molecule has 0 bridgehead atoms. The first-order chi connectivity index (χ1) is 22.5. The van der Waals surface area contributed by atoms with Crippen LogP contribution in [-0.4, -0.2) is 15.0 Å². The number of nitrogens with zero attached hydrogens (tertiary/aromatic N) is 3. The van der Waals surface area contributed by atoms with Gasteiger partial charge in [-0.3, -0.25) is 0 Å². The first-order valence-corrected chi connectivity index (χ1v) is 15.9. The fourth-order valence-corrected chi connectivity index (χ4v) is 6.06. The van der Waals surface area contributed by atoms with E-state index >= 15 is 0 Å². The summed E-state index contributed by atoms with van der Waals surface area (Å²) in [6.45, 7) is 6.07. The maximum atomic E-state index is 4.45. The minimum atomic E-state index is 0. The van der Waals surface area contributed by atoms with Crippen molar-refractivity contribution in [2.45, 2.75) is 20.8 Å². The summed E-state index contributed by atoms with van der Waals surface area (Å²) in [7, 11) is 0. The minimum Gasteiger partial charge on any atom is -0.305 e. The Morgan fingerprint density at radius 2 is 1.13 bits per heavy atom. The van der Waals surface area contributed by atoms with E-state index in [1.54, 1.807) is 0 Å². The van der Waals surface area contributed by atoms with Crippen LogP contribution in [0.4, 0.5) is 0 Å². The van der Waals surface area contributed by atoms with Gasteiger partial charge in [-0.2, -0.15) is 11.3 Å². The fraction of sp³-hybridized carbons (Fsp3) is 0.0714. The fourth-order valence-electron chi connectivity index (χ4n) is 4.99. The second-order valence-corrected chi connectivity index (χ2v) is 11.9. The molecule has 0 aliphatic heterocycles. The second kappa shape index (κ2) is 16.2. The van der Waals surface area contributed by atoms with Gasteiger partial charge in [-0.25, -0.2) is 0 Å². The summed E-state index contributed by atoms with van der Waals surface area (Å²) < 4.78 is 2.60. The van der Waals surface area contributed by atoms with Crippen LogP contribution in [0.25, 0.3) is 53.9 Å². The van der Waals surface area contributed by atoms with Crippen LogP contribution in [0.1, 0.15) is 17.0 Å². The number of rotatable bonds is 3. The number of thiophene rings is 1. The summed E-state index contributed by atoms with van der Waals surface area (Å²) in [5.41, 5.74) is 9.41. The molecule has 0 spiro atoms. The maximum absolute atomic E-state index is 4.45. The van der Waals surface area contributed by atoms with E-state index in [0.717, 1.165) is 45.2 Å². The van der Waals surface area contributed by atoms with Crippen molar-refractivity contribution in [3.8, 4) is 33.8 Å². The van der Waals surface area contributed by atoms with Crippen LogP contribution in [-0.2, 0) is 20.1 Å². The van der Waals surface area contributed by atoms with Crippen molar-refractivity contribution in [3.05, 3.63) is 175 Å². The Balaban J connectivity index is 0.000000142. The van der Waals surface area contributed by atoms with E-state index in [4.69, 9.17) is 0 Å². The summed E-state index contributed by atoms with van der Waals surface area (Å²) >= 11 is 1.82. The molecule has 0 radical (unpaired) electrons. The van der Waals surface area contributed by atoms with Crippen molar-refractivity contribution in [2.75, 3.05) is 0 Å². The molecule has 0 aliphatic carbocycles. The summed E-state index contributed by atoms with van der Waals surface area (Å²) in [5.74, 6) is 0. The maximum Gasteiger partial charge on any atom is 3.00 e. The normalized spacial score (nSPS) is 10.3. The third-order valence-electron chi connectivity index (χ3n) is 7.25. The predicted octanol–water partition coefficient (Wildman–Crippen LogP) is 10.9. The molecular weight excluding hydrogens is 771 g/mol. The molecule has 4 aromatic carbocycles. The minimum absolute atomic E-state index is 0. The van der Waals surface area contributed by atoms with Gasteiger partial charge in [0.05, 0.1) is 0 Å². The average Bonchev–Trinajstić information content (AvgIpc) is 3.48. The van der Waals surface area contributed by atoms with Crippen molar-refractivity contribution in [1.29, 1.82) is 0 Å². The predicted molar refractivity (Wildman–Crippen MR) is 193 cm³/mol. The number of fused-ring (bicyclic) bond motifs is 3. The monoisotopic (exact) mass is 803 g/mol. The molecule has 8 aromatic rings. The molecule has 5 heteroatoms. The zero-order chi connectivity index (χ0) is 31.7. The number of aromatic nitrogens is 3. The van der Waals surface area contributed by atoms with Gasteiger partial charge in [0.25, 0.3) is 0 Å². The Kier molecular flexibility index (Phi) is 11.5. The number of benzene rings is 4. The van der Waals surface area contributed by atoms with Gasteiger partial charge >= 0.3 is 20.1 Å². The second-order valence-electron chi connectivity index (χ2n) is 10.8. The molecule has 3 nitrogen and oxygen atoms in total. The zero-order valence-electron chi connectivity index (χ0n) is 26.4.